The van der Waals surface area contributed by atoms with Crippen LogP contribution in [0.3, 0.4) is 0 Å². The molecule has 3 fully saturated rings. The minimum Gasteiger partial charge on any atom is -0.381 e. The zero-order valence-corrected chi connectivity index (χ0v) is 18.8. The van der Waals surface area contributed by atoms with Crippen molar-refractivity contribution < 1.29 is 9.47 Å². The highest BCUT2D eigenvalue weighted by Crippen LogP contribution is 2.43. The Morgan fingerprint density at radius 3 is 2.69 bits per heavy atom. The third-order valence-electron chi connectivity index (χ3n) is 6.07. The molecule has 2 heterocycles. The van der Waals surface area contributed by atoms with Crippen molar-refractivity contribution in [1.29, 1.82) is 0 Å². The second-order valence-corrected chi connectivity index (χ2v) is 8.00. The molecule has 0 unspecified atom stereocenters. The molecule has 1 spiro atoms. The number of nitrogens with one attached hydrogen (secondary N) is 1. The standard InChI is InChI=1S/C20H37N3O2.HI/c1-2-21-19(22-12-6-14-25-18-7-15-24-16-8-18)23-13-11-20(17-23)9-4-3-5-10-20;/h18H,2-17H2,1H3,(H,21,22);1H. The normalized spacial score (nSPS) is 23.9. The third-order valence-corrected chi connectivity index (χ3v) is 6.07. The van der Waals surface area contributed by atoms with Crippen molar-refractivity contribution >= 4 is 29.9 Å². The van der Waals surface area contributed by atoms with Crippen LogP contribution in [0.15, 0.2) is 4.99 Å². The third kappa shape index (κ3) is 6.51. The van der Waals surface area contributed by atoms with Crippen LogP contribution < -0.4 is 5.32 Å². The predicted octanol–water partition coefficient (Wildman–Crippen LogP) is 3.81. The summed E-state index contributed by atoms with van der Waals surface area (Å²) in [6, 6.07) is 0. The van der Waals surface area contributed by atoms with E-state index in [0.717, 1.165) is 58.1 Å². The molecule has 6 heteroatoms. The SMILES string of the molecule is CCNC(=NCCCOC1CCOCC1)N1CCC2(CCCCC2)C1.I. The van der Waals surface area contributed by atoms with Gasteiger partial charge in [-0.15, -0.1) is 24.0 Å². The van der Waals surface area contributed by atoms with E-state index in [1.165, 1.54) is 51.6 Å². The molecule has 0 aromatic rings. The number of rotatable bonds is 6. The number of likely N-dealkylation sites (tertiary alicyclic amines) is 1. The molecule has 2 aliphatic heterocycles. The van der Waals surface area contributed by atoms with Gasteiger partial charge in [-0.1, -0.05) is 19.3 Å². The van der Waals surface area contributed by atoms with Crippen LogP contribution >= 0.6 is 24.0 Å². The summed E-state index contributed by atoms with van der Waals surface area (Å²) in [6.45, 7) is 8.86. The maximum absolute atomic E-state index is 5.96. The van der Waals surface area contributed by atoms with Gasteiger partial charge in [-0.2, -0.15) is 0 Å². The van der Waals surface area contributed by atoms with Gasteiger partial charge in [0.05, 0.1) is 6.10 Å². The first-order chi connectivity index (χ1) is 12.3. The van der Waals surface area contributed by atoms with Crippen LogP contribution in [-0.2, 0) is 9.47 Å². The summed E-state index contributed by atoms with van der Waals surface area (Å²) in [5.74, 6) is 1.12. The lowest BCUT2D eigenvalue weighted by atomic mass is 9.73. The van der Waals surface area contributed by atoms with Gasteiger partial charge in [0.25, 0.3) is 0 Å². The second-order valence-electron chi connectivity index (χ2n) is 8.00. The number of guanidine groups is 1. The van der Waals surface area contributed by atoms with Crippen molar-refractivity contribution in [2.75, 3.05) is 46.0 Å². The number of hydrogen-bond donors (Lipinski definition) is 1. The summed E-state index contributed by atoms with van der Waals surface area (Å²) in [6.07, 6.45) is 12.0. The van der Waals surface area contributed by atoms with Gasteiger partial charge < -0.3 is 19.7 Å². The van der Waals surface area contributed by atoms with Crippen LogP contribution in [0, 0.1) is 5.41 Å². The highest BCUT2D eigenvalue weighted by molar-refractivity contribution is 14.0. The van der Waals surface area contributed by atoms with Crippen LogP contribution in [0.4, 0.5) is 0 Å². The smallest absolute Gasteiger partial charge is 0.193 e. The molecule has 3 aliphatic rings. The fraction of sp³-hybridized carbons (Fsp3) is 0.950. The van der Waals surface area contributed by atoms with E-state index in [-0.39, 0.29) is 24.0 Å². The summed E-state index contributed by atoms with van der Waals surface area (Å²) in [7, 11) is 0. The van der Waals surface area contributed by atoms with E-state index in [4.69, 9.17) is 14.5 Å². The number of nitrogens with zero attached hydrogens (tertiary/aromatic N) is 2. The number of ether oxygens (including phenoxy) is 2. The van der Waals surface area contributed by atoms with E-state index in [2.05, 4.69) is 17.1 Å². The molecular formula is C20H38IN3O2. The van der Waals surface area contributed by atoms with Crippen LogP contribution in [0.25, 0.3) is 0 Å². The monoisotopic (exact) mass is 479 g/mol. The van der Waals surface area contributed by atoms with Crippen molar-refractivity contribution in [2.24, 2.45) is 10.4 Å². The Morgan fingerprint density at radius 2 is 1.96 bits per heavy atom. The lowest BCUT2D eigenvalue weighted by Crippen LogP contribution is -2.41. The summed E-state index contributed by atoms with van der Waals surface area (Å²) in [5.41, 5.74) is 0.584. The van der Waals surface area contributed by atoms with Crippen LogP contribution in [0.5, 0.6) is 0 Å². The number of aliphatic imine (C=N–C) groups is 1. The van der Waals surface area contributed by atoms with Gasteiger partial charge in [0, 0.05) is 46.0 Å². The highest BCUT2D eigenvalue weighted by Gasteiger charge is 2.39. The van der Waals surface area contributed by atoms with E-state index in [0.29, 0.717) is 11.5 Å². The Labute approximate surface area is 176 Å². The maximum atomic E-state index is 5.96. The fourth-order valence-electron chi connectivity index (χ4n) is 4.59. The Balaban J connectivity index is 0.00000243. The van der Waals surface area contributed by atoms with Crippen LogP contribution in [0.2, 0.25) is 0 Å². The van der Waals surface area contributed by atoms with E-state index in [9.17, 15) is 0 Å². The first kappa shape index (κ1) is 22.2. The van der Waals surface area contributed by atoms with Crippen LogP contribution in [-0.4, -0.2) is 63.0 Å². The van der Waals surface area contributed by atoms with Gasteiger partial charge >= 0.3 is 0 Å². The van der Waals surface area contributed by atoms with Gasteiger partial charge in [0.1, 0.15) is 0 Å². The Kier molecular flexibility index (Phi) is 9.99. The second kappa shape index (κ2) is 11.7. The molecule has 152 valence electrons. The van der Waals surface area contributed by atoms with Crippen molar-refractivity contribution in [3.63, 3.8) is 0 Å². The summed E-state index contributed by atoms with van der Waals surface area (Å²) < 4.78 is 11.3. The topological polar surface area (TPSA) is 46.1 Å². The van der Waals surface area contributed by atoms with Crippen molar-refractivity contribution in [2.45, 2.75) is 70.8 Å². The molecule has 2 saturated heterocycles. The molecule has 0 radical (unpaired) electrons. The molecule has 0 aromatic carbocycles. The van der Waals surface area contributed by atoms with Crippen LogP contribution in [0.1, 0.15) is 64.7 Å². The van der Waals surface area contributed by atoms with Gasteiger partial charge in [-0.25, -0.2) is 0 Å². The quantitative estimate of drug-likeness (QED) is 0.273. The Bertz CT molecular complexity index is 421. The van der Waals surface area contributed by atoms with Gasteiger partial charge in [0.15, 0.2) is 5.96 Å². The minimum atomic E-state index is 0. The molecular weight excluding hydrogens is 441 g/mol. The molecule has 5 nitrogen and oxygen atoms in total. The lowest BCUT2D eigenvalue weighted by Gasteiger charge is -2.33. The molecule has 0 aromatic heterocycles. The molecule has 26 heavy (non-hydrogen) atoms. The zero-order valence-electron chi connectivity index (χ0n) is 16.5. The van der Waals surface area contributed by atoms with E-state index < -0.39 is 0 Å². The van der Waals surface area contributed by atoms with Crippen molar-refractivity contribution in [3.05, 3.63) is 0 Å². The van der Waals surface area contributed by atoms with Crippen molar-refractivity contribution in [1.82, 2.24) is 10.2 Å². The molecule has 1 saturated carbocycles. The molecule has 1 aliphatic carbocycles. The highest BCUT2D eigenvalue weighted by atomic mass is 127. The predicted molar refractivity (Wildman–Crippen MR) is 118 cm³/mol. The lowest BCUT2D eigenvalue weighted by molar-refractivity contribution is -0.0318. The average Bonchev–Trinajstić information content (AvgIpc) is 3.05. The summed E-state index contributed by atoms with van der Waals surface area (Å²) in [5, 5.41) is 3.51. The number of hydrogen-bond acceptors (Lipinski definition) is 3. The van der Waals surface area contributed by atoms with E-state index in [1.807, 2.05) is 0 Å². The zero-order chi connectivity index (χ0) is 17.4. The molecule has 1 N–H and O–H groups in total. The van der Waals surface area contributed by atoms with E-state index >= 15 is 0 Å². The van der Waals surface area contributed by atoms with Gasteiger partial charge in [-0.3, -0.25) is 4.99 Å². The first-order valence-corrected chi connectivity index (χ1v) is 10.5. The van der Waals surface area contributed by atoms with E-state index in [1.54, 1.807) is 0 Å². The van der Waals surface area contributed by atoms with Crippen molar-refractivity contribution in [3.8, 4) is 0 Å². The fourth-order valence-corrected chi connectivity index (χ4v) is 4.59. The minimum absolute atomic E-state index is 0. The van der Waals surface area contributed by atoms with Gasteiger partial charge in [-0.05, 0) is 50.9 Å². The maximum Gasteiger partial charge on any atom is 0.193 e. The molecule has 0 amide bonds. The Morgan fingerprint density at radius 1 is 1.19 bits per heavy atom. The Hall–Kier alpha value is -0.0800. The molecule has 0 bridgehead atoms. The number of halogens is 1. The molecule has 0 atom stereocenters. The van der Waals surface area contributed by atoms with Gasteiger partial charge in [0.2, 0.25) is 0 Å². The molecule has 3 rings (SSSR count). The summed E-state index contributed by atoms with van der Waals surface area (Å²) >= 11 is 0. The first-order valence-electron chi connectivity index (χ1n) is 10.5. The largest absolute Gasteiger partial charge is 0.381 e. The summed E-state index contributed by atoms with van der Waals surface area (Å²) in [4.78, 5) is 7.39. The average molecular weight is 479 g/mol.